The average Bonchev–Trinajstić information content (AvgIpc) is 3.00. The maximum atomic E-state index is 11.8. The van der Waals surface area contributed by atoms with Gasteiger partial charge in [0.25, 0.3) is 0 Å². The lowest BCUT2D eigenvalue weighted by molar-refractivity contribution is -0.121. The van der Waals surface area contributed by atoms with E-state index in [4.69, 9.17) is 11.6 Å². The summed E-state index contributed by atoms with van der Waals surface area (Å²) in [4.78, 5) is 11.8. The summed E-state index contributed by atoms with van der Waals surface area (Å²) in [5.41, 5.74) is 2.85. The summed E-state index contributed by atoms with van der Waals surface area (Å²) in [7, 11) is 0. The van der Waals surface area contributed by atoms with Crippen LogP contribution in [0.4, 0.5) is 0 Å². The first-order valence-electron chi connectivity index (χ1n) is 7.42. The van der Waals surface area contributed by atoms with Crippen LogP contribution in [0.5, 0.6) is 0 Å². The molecule has 6 nitrogen and oxygen atoms in total. The van der Waals surface area contributed by atoms with E-state index >= 15 is 0 Å². The summed E-state index contributed by atoms with van der Waals surface area (Å²) < 4.78 is 3.67. The SMILES string of the molecule is Cc1cnn(CCCNC(=O)CCn2nc(C)c(Cl)c2C)c1. The van der Waals surface area contributed by atoms with Crippen LogP contribution in [0.25, 0.3) is 0 Å². The van der Waals surface area contributed by atoms with E-state index in [1.165, 1.54) is 0 Å². The van der Waals surface area contributed by atoms with Gasteiger partial charge >= 0.3 is 0 Å². The molecule has 2 rings (SSSR count). The van der Waals surface area contributed by atoms with E-state index in [1.807, 2.05) is 37.8 Å². The Hall–Kier alpha value is -1.82. The quantitative estimate of drug-likeness (QED) is 0.795. The van der Waals surface area contributed by atoms with E-state index in [1.54, 1.807) is 4.68 Å². The molecule has 1 N–H and O–H groups in total. The van der Waals surface area contributed by atoms with Gasteiger partial charge in [-0.05, 0) is 32.8 Å². The Morgan fingerprint density at radius 1 is 1.32 bits per heavy atom. The smallest absolute Gasteiger partial charge is 0.221 e. The molecule has 0 saturated heterocycles. The zero-order valence-corrected chi connectivity index (χ0v) is 14.0. The van der Waals surface area contributed by atoms with Crippen molar-refractivity contribution in [2.75, 3.05) is 6.54 Å². The molecule has 22 heavy (non-hydrogen) atoms. The topological polar surface area (TPSA) is 64.7 Å². The van der Waals surface area contributed by atoms with Gasteiger partial charge in [0.15, 0.2) is 0 Å². The maximum absolute atomic E-state index is 11.8. The Kier molecular flexibility index (Phi) is 5.60. The predicted octanol–water partition coefficient (Wildman–Crippen LogP) is 2.25. The van der Waals surface area contributed by atoms with Crippen molar-refractivity contribution in [1.82, 2.24) is 24.9 Å². The first-order chi connectivity index (χ1) is 10.5. The Morgan fingerprint density at radius 2 is 2.09 bits per heavy atom. The number of amides is 1. The van der Waals surface area contributed by atoms with E-state index < -0.39 is 0 Å². The minimum absolute atomic E-state index is 0.0281. The molecule has 0 unspecified atom stereocenters. The van der Waals surface area contributed by atoms with Crippen molar-refractivity contribution in [2.24, 2.45) is 0 Å². The van der Waals surface area contributed by atoms with Crippen molar-refractivity contribution in [3.8, 4) is 0 Å². The van der Waals surface area contributed by atoms with Crippen LogP contribution in [0.3, 0.4) is 0 Å². The van der Waals surface area contributed by atoms with Crippen LogP contribution >= 0.6 is 11.6 Å². The number of aromatic nitrogens is 4. The minimum atomic E-state index is 0.0281. The second-order valence-electron chi connectivity index (χ2n) is 5.44. The molecular formula is C15H22ClN5O. The fourth-order valence-corrected chi connectivity index (χ4v) is 2.38. The van der Waals surface area contributed by atoms with Crippen molar-refractivity contribution in [3.63, 3.8) is 0 Å². The number of halogens is 1. The zero-order chi connectivity index (χ0) is 16.1. The zero-order valence-electron chi connectivity index (χ0n) is 13.3. The maximum Gasteiger partial charge on any atom is 0.221 e. The van der Waals surface area contributed by atoms with E-state index in [2.05, 4.69) is 15.5 Å². The summed E-state index contributed by atoms with van der Waals surface area (Å²) >= 11 is 6.08. The summed E-state index contributed by atoms with van der Waals surface area (Å²) in [5, 5.41) is 12.1. The fourth-order valence-electron chi connectivity index (χ4n) is 2.25. The van der Waals surface area contributed by atoms with E-state index in [-0.39, 0.29) is 5.91 Å². The number of carbonyl (C=O) groups excluding carboxylic acids is 1. The molecule has 0 bridgehead atoms. The van der Waals surface area contributed by atoms with Gasteiger partial charge in [-0.25, -0.2) is 0 Å². The van der Waals surface area contributed by atoms with Crippen LogP contribution in [0.2, 0.25) is 5.02 Å². The molecule has 2 aromatic heterocycles. The largest absolute Gasteiger partial charge is 0.356 e. The van der Waals surface area contributed by atoms with Gasteiger partial charge < -0.3 is 5.32 Å². The third-order valence-electron chi connectivity index (χ3n) is 3.49. The third-order valence-corrected chi connectivity index (χ3v) is 4.04. The van der Waals surface area contributed by atoms with Crippen LogP contribution in [0, 0.1) is 20.8 Å². The Labute approximate surface area is 135 Å². The van der Waals surface area contributed by atoms with Crippen LogP contribution < -0.4 is 5.32 Å². The standard InChI is InChI=1S/C15H22ClN5O/c1-11-9-18-20(10-11)7-4-6-17-14(22)5-8-21-13(3)15(16)12(2)19-21/h9-10H,4-8H2,1-3H3,(H,17,22). The number of hydrogen-bond acceptors (Lipinski definition) is 3. The van der Waals surface area contributed by atoms with Gasteiger partial charge in [0, 0.05) is 25.7 Å². The molecule has 0 aliphatic rings. The van der Waals surface area contributed by atoms with Gasteiger partial charge in [-0.2, -0.15) is 10.2 Å². The minimum Gasteiger partial charge on any atom is -0.356 e. The normalized spacial score (nSPS) is 10.9. The number of nitrogens with one attached hydrogen (secondary N) is 1. The molecule has 0 radical (unpaired) electrons. The summed E-state index contributed by atoms with van der Waals surface area (Å²) in [6.07, 6.45) is 5.09. The van der Waals surface area contributed by atoms with E-state index in [0.717, 1.165) is 29.9 Å². The summed E-state index contributed by atoms with van der Waals surface area (Å²) in [6.45, 7) is 7.78. The molecule has 0 saturated carbocycles. The van der Waals surface area contributed by atoms with Gasteiger partial charge in [-0.1, -0.05) is 11.6 Å². The lowest BCUT2D eigenvalue weighted by Gasteiger charge is -2.07. The molecule has 0 atom stereocenters. The average molecular weight is 324 g/mol. The lowest BCUT2D eigenvalue weighted by atomic mass is 10.3. The second kappa shape index (κ2) is 7.45. The molecular weight excluding hydrogens is 302 g/mol. The monoisotopic (exact) mass is 323 g/mol. The van der Waals surface area contributed by atoms with E-state index in [0.29, 0.717) is 24.5 Å². The summed E-state index contributed by atoms with van der Waals surface area (Å²) in [6, 6.07) is 0. The van der Waals surface area contributed by atoms with Crippen molar-refractivity contribution in [1.29, 1.82) is 0 Å². The van der Waals surface area contributed by atoms with Crippen LogP contribution in [0.15, 0.2) is 12.4 Å². The molecule has 2 heterocycles. The molecule has 0 aromatic carbocycles. The first-order valence-corrected chi connectivity index (χ1v) is 7.80. The van der Waals surface area contributed by atoms with E-state index in [9.17, 15) is 4.79 Å². The number of hydrogen-bond donors (Lipinski definition) is 1. The molecule has 0 spiro atoms. The Bertz CT molecular complexity index is 646. The molecule has 120 valence electrons. The number of aryl methyl sites for hydroxylation is 4. The van der Waals surface area contributed by atoms with Crippen molar-refractivity contribution in [2.45, 2.75) is 46.7 Å². The number of carbonyl (C=O) groups is 1. The van der Waals surface area contributed by atoms with Crippen LogP contribution in [-0.4, -0.2) is 32.0 Å². The van der Waals surface area contributed by atoms with Gasteiger partial charge in [0.05, 0.1) is 29.2 Å². The van der Waals surface area contributed by atoms with Gasteiger partial charge in [-0.15, -0.1) is 0 Å². The van der Waals surface area contributed by atoms with Crippen molar-refractivity contribution < 1.29 is 4.79 Å². The van der Waals surface area contributed by atoms with Gasteiger partial charge in [0.1, 0.15) is 0 Å². The number of rotatable bonds is 7. The van der Waals surface area contributed by atoms with Gasteiger partial charge in [-0.3, -0.25) is 14.2 Å². The first kappa shape index (κ1) is 16.5. The highest BCUT2D eigenvalue weighted by Gasteiger charge is 2.10. The summed E-state index contributed by atoms with van der Waals surface area (Å²) in [5.74, 6) is 0.0281. The molecule has 0 aliphatic heterocycles. The van der Waals surface area contributed by atoms with Crippen LogP contribution in [-0.2, 0) is 17.9 Å². The lowest BCUT2D eigenvalue weighted by Crippen LogP contribution is -2.26. The molecule has 0 aliphatic carbocycles. The predicted molar refractivity (Wildman–Crippen MR) is 85.9 cm³/mol. The highest BCUT2D eigenvalue weighted by molar-refractivity contribution is 6.31. The molecule has 1 amide bonds. The molecule has 0 fully saturated rings. The highest BCUT2D eigenvalue weighted by atomic mass is 35.5. The fraction of sp³-hybridized carbons (Fsp3) is 0.533. The van der Waals surface area contributed by atoms with Gasteiger partial charge in [0.2, 0.25) is 5.91 Å². The van der Waals surface area contributed by atoms with Crippen molar-refractivity contribution in [3.05, 3.63) is 34.4 Å². The number of nitrogens with zero attached hydrogens (tertiary/aromatic N) is 4. The third kappa shape index (κ3) is 4.34. The Morgan fingerprint density at radius 3 is 2.68 bits per heavy atom. The molecule has 7 heteroatoms. The van der Waals surface area contributed by atoms with Crippen LogP contribution in [0.1, 0.15) is 29.8 Å². The Balaban J connectivity index is 1.66. The molecule has 2 aromatic rings. The second-order valence-corrected chi connectivity index (χ2v) is 5.82. The highest BCUT2D eigenvalue weighted by Crippen LogP contribution is 2.18. The van der Waals surface area contributed by atoms with Crippen molar-refractivity contribution >= 4 is 17.5 Å².